The Bertz CT molecular complexity index is 1620. The van der Waals surface area contributed by atoms with Gasteiger partial charge in [-0.2, -0.15) is 10.4 Å². The van der Waals surface area contributed by atoms with E-state index in [0.717, 1.165) is 65.4 Å². The monoisotopic (exact) mass is 497 g/mol. The average Bonchev–Trinajstić information content (AvgIpc) is 3.70. The Morgan fingerprint density at radius 1 is 0.868 bits per heavy atom. The number of rotatable bonds is 6. The number of benzene rings is 3. The summed E-state index contributed by atoms with van der Waals surface area (Å²) >= 11 is 0. The normalized spacial score (nSPS) is 13.3. The Morgan fingerprint density at radius 2 is 1.47 bits per heavy atom. The standard InChI is InChI=1S/C32H27N5O/c1-23-28(32(36-19-11-12-20-36)37(35-23)26-17-9-4-10-18-26)22-34-31-27(21-33)29(24-13-5-2-6-14-24)30(38-31)25-15-7-3-8-16-25/h2-10,13-18,22H,11-12,19-20H2,1H3/b34-22+. The molecule has 6 nitrogen and oxygen atoms in total. The van der Waals surface area contributed by atoms with Gasteiger partial charge in [0.25, 0.3) is 0 Å². The van der Waals surface area contributed by atoms with E-state index in [0.29, 0.717) is 17.2 Å². The number of hydrogen-bond acceptors (Lipinski definition) is 5. The first-order valence-electron chi connectivity index (χ1n) is 12.9. The first-order valence-corrected chi connectivity index (χ1v) is 12.9. The fourth-order valence-electron chi connectivity index (χ4n) is 5.07. The number of para-hydroxylation sites is 1. The van der Waals surface area contributed by atoms with Crippen LogP contribution in [0.3, 0.4) is 0 Å². The molecule has 186 valence electrons. The largest absolute Gasteiger partial charge is 0.436 e. The van der Waals surface area contributed by atoms with Gasteiger partial charge in [-0.1, -0.05) is 78.9 Å². The Kier molecular flexibility index (Phi) is 6.33. The molecule has 1 aliphatic heterocycles. The molecule has 0 atom stereocenters. The van der Waals surface area contributed by atoms with Gasteiger partial charge in [-0.05, 0) is 37.5 Å². The van der Waals surface area contributed by atoms with Crippen molar-refractivity contribution in [2.75, 3.05) is 18.0 Å². The minimum absolute atomic E-state index is 0.296. The van der Waals surface area contributed by atoms with E-state index >= 15 is 0 Å². The number of aliphatic imine (C=N–C) groups is 1. The fourth-order valence-corrected chi connectivity index (χ4v) is 5.07. The van der Waals surface area contributed by atoms with Gasteiger partial charge in [0.05, 0.1) is 16.9 Å². The lowest BCUT2D eigenvalue weighted by molar-refractivity contribution is 0.593. The third-order valence-electron chi connectivity index (χ3n) is 6.90. The zero-order chi connectivity index (χ0) is 25.9. The van der Waals surface area contributed by atoms with Crippen LogP contribution in [0.4, 0.5) is 11.7 Å². The Balaban J connectivity index is 1.50. The summed E-state index contributed by atoms with van der Waals surface area (Å²) in [7, 11) is 0. The van der Waals surface area contributed by atoms with E-state index in [4.69, 9.17) is 14.5 Å². The van der Waals surface area contributed by atoms with Crippen LogP contribution in [0.15, 0.2) is 100 Å². The van der Waals surface area contributed by atoms with Crippen molar-refractivity contribution >= 4 is 17.9 Å². The van der Waals surface area contributed by atoms with Crippen LogP contribution >= 0.6 is 0 Å². The zero-order valence-electron chi connectivity index (χ0n) is 21.2. The van der Waals surface area contributed by atoms with Crippen LogP contribution in [0.2, 0.25) is 0 Å². The lowest BCUT2D eigenvalue weighted by Gasteiger charge is -2.20. The number of hydrogen-bond donors (Lipinski definition) is 0. The lowest BCUT2D eigenvalue weighted by Crippen LogP contribution is -2.22. The van der Waals surface area contributed by atoms with Crippen LogP contribution in [0.5, 0.6) is 0 Å². The molecule has 0 spiro atoms. The molecule has 0 amide bonds. The highest BCUT2D eigenvalue weighted by molar-refractivity contribution is 5.93. The van der Waals surface area contributed by atoms with Crippen LogP contribution in [0.1, 0.15) is 29.7 Å². The molecular weight excluding hydrogens is 470 g/mol. The average molecular weight is 498 g/mol. The van der Waals surface area contributed by atoms with E-state index in [1.807, 2.05) is 90.5 Å². The number of furan rings is 1. The molecular formula is C32H27N5O. The molecule has 3 heterocycles. The molecule has 1 saturated heterocycles. The summed E-state index contributed by atoms with van der Waals surface area (Å²) in [6.07, 6.45) is 4.10. The van der Waals surface area contributed by atoms with Crippen molar-refractivity contribution in [3.05, 3.63) is 108 Å². The van der Waals surface area contributed by atoms with E-state index in [9.17, 15) is 5.26 Å². The first kappa shape index (κ1) is 23.5. The van der Waals surface area contributed by atoms with Crippen LogP contribution < -0.4 is 4.90 Å². The molecule has 1 aliphatic rings. The summed E-state index contributed by atoms with van der Waals surface area (Å²) < 4.78 is 8.33. The van der Waals surface area contributed by atoms with Crippen molar-refractivity contribution in [1.29, 1.82) is 5.26 Å². The van der Waals surface area contributed by atoms with Crippen molar-refractivity contribution in [3.8, 4) is 34.2 Å². The van der Waals surface area contributed by atoms with Crippen LogP contribution in [-0.4, -0.2) is 29.1 Å². The van der Waals surface area contributed by atoms with E-state index in [1.54, 1.807) is 6.21 Å². The topological polar surface area (TPSA) is 70.3 Å². The van der Waals surface area contributed by atoms with Crippen molar-refractivity contribution in [1.82, 2.24) is 9.78 Å². The Morgan fingerprint density at radius 3 is 2.11 bits per heavy atom. The van der Waals surface area contributed by atoms with Crippen molar-refractivity contribution < 1.29 is 4.42 Å². The van der Waals surface area contributed by atoms with Crippen LogP contribution in [0, 0.1) is 18.3 Å². The SMILES string of the molecule is Cc1nn(-c2ccccc2)c(N2CCCC2)c1/C=N/c1oc(-c2ccccc2)c(-c2ccccc2)c1C#N. The number of nitrogens with zero attached hydrogens (tertiary/aromatic N) is 5. The second kappa shape index (κ2) is 10.2. The maximum Gasteiger partial charge on any atom is 0.238 e. The Hall–Kier alpha value is -4.89. The highest BCUT2D eigenvalue weighted by Crippen LogP contribution is 2.42. The van der Waals surface area contributed by atoms with Gasteiger partial charge in [-0.3, -0.25) is 0 Å². The Labute approximate surface area is 222 Å². The lowest BCUT2D eigenvalue weighted by atomic mass is 9.98. The summed E-state index contributed by atoms with van der Waals surface area (Å²) in [5.74, 6) is 1.95. The van der Waals surface area contributed by atoms with Crippen molar-refractivity contribution in [3.63, 3.8) is 0 Å². The van der Waals surface area contributed by atoms with Gasteiger partial charge in [0.2, 0.25) is 5.88 Å². The van der Waals surface area contributed by atoms with Gasteiger partial charge in [-0.25, -0.2) is 9.67 Å². The van der Waals surface area contributed by atoms with E-state index < -0.39 is 0 Å². The first-order chi connectivity index (χ1) is 18.7. The molecule has 0 N–H and O–H groups in total. The molecule has 38 heavy (non-hydrogen) atoms. The molecule has 6 heteroatoms. The molecule has 3 aromatic carbocycles. The minimum atomic E-state index is 0.296. The highest BCUT2D eigenvalue weighted by Gasteiger charge is 2.25. The summed E-state index contributed by atoms with van der Waals surface area (Å²) in [5, 5.41) is 15.1. The summed E-state index contributed by atoms with van der Waals surface area (Å²) in [4.78, 5) is 7.15. The van der Waals surface area contributed by atoms with Crippen LogP contribution in [0.25, 0.3) is 28.1 Å². The van der Waals surface area contributed by atoms with Gasteiger partial charge >= 0.3 is 0 Å². The maximum absolute atomic E-state index is 10.2. The zero-order valence-corrected chi connectivity index (χ0v) is 21.2. The summed E-state index contributed by atoms with van der Waals surface area (Å²) in [5.41, 5.74) is 5.79. The molecule has 0 radical (unpaired) electrons. The summed E-state index contributed by atoms with van der Waals surface area (Å²) in [6, 6.07) is 32.3. The number of nitriles is 1. The third kappa shape index (κ3) is 4.29. The molecule has 0 unspecified atom stereocenters. The minimum Gasteiger partial charge on any atom is -0.436 e. The second-order valence-corrected chi connectivity index (χ2v) is 9.35. The van der Waals surface area contributed by atoms with Gasteiger partial charge < -0.3 is 9.32 Å². The molecule has 1 fully saturated rings. The highest BCUT2D eigenvalue weighted by atomic mass is 16.4. The number of aryl methyl sites for hydroxylation is 1. The van der Waals surface area contributed by atoms with E-state index in [1.165, 1.54) is 0 Å². The molecule has 6 rings (SSSR count). The summed E-state index contributed by atoms with van der Waals surface area (Å²) in [6.45, 7) is 3.94. The predicted octanol–water partition coefficient (Wildman–Crippen LogP) is 7.33. The van der Waals surface area contributed by atoms with E-state index in [-0.39, 0.29) is 0 Å². The fraction of sp³-hybridized carbons (Fsp3) is 0.156. The molecule has 0 aliphatic carbocycles. The van der Waals surface area contributed by atoms with Gasteiger partial charge in [0.1, 0.15) is 23.2 Å². The predicted molar refractivity (Wildman–Crippen MR) is 151 cm³/mol. The molecule has 0 saturated carbocycles. The smallest absolute Gasteiger partial charge is 0.238 e. The maximum atomic E-state index is 10.2. The second-order valence-electron chi connectivity index (χ2n) is 9.35. The quantitative estimate of drug-likeness (QED) is 0.230. The number of anilines is 1. The van der Waals surface area contributed by atoms with Gasteiger partial charge in [-0.15, -0.1) is 0 Å². The van der Waals surface area contributed by atoms with Crippen molar-refractivity contribution in [2.24, 2.45) is 4.99 Å². The van der Waals surface area contributed by atoms with Gasteiger partial charge in [0, 0.05) is 30.4 Å². The van der Waals surface area contributed by atoms with Crippen molar-refractivity contribution in [2.45, 2.75) is 19.8 Å². The number of aromatic nitrogens is 2. The molecule has 2 aromatic heterocycles. The molecule has 5 aromatic rings. The van der Waals surface area contributed by atoms with Crippen LogP contribution in [-0.2, 0) is 0 Å². The molecule has 0 bridgehead atoms. The van der Waals surface area contributed by atoms with Gasteiger partial charge in [0.15, 0.2) is 0 Å². The van der Waals surface area contributed by atoms with E-state index in [2.05, 4.69) is 23.1 Å². The third-order valence-corrected chi connectivity index (χ3v) is 6.90.